The van der Waals surface area contributed by atoms with Gasteiger partial charge in [0, 0.05) is 17.9 Å². The second-order valence-corrected chi connectivity index (χ2v) is 3.70. The number of nitrogens with zero attached hydrogens (tertiary/aromatic N) is 1. The van der Waals surface area contributed by atoms with Crippen LogP contribution in [0.5, 0.6) is 0 Å². The highest BCUT2D eigenvalue weighted by atomic mass is 16.5. The zero-order valence-electron chi connectivity index (χ0n) is 10.4. The first-order valence-electron chi connectivity index (χ1n) is 5.54. The first-order valence-corrected chi connectivity index (χ1v) is 5.54. The van der Waals surface area contributed by atoms with Crippen molar-refractivity contribution in [2.75, 3.05) is 18.5 Å². The average molecular weight is 251 g/mol. The maximum Gasteiger partial charge on any atom is 0.250 e. The van der Waals surface area contributed by atoms with Gasteiger partial charge in [-0.1, -0.05) is 17.3 Å². The number of amidine groups is 1. The zero-order chi connectivity index (χ0) is 13.5. The van der Waals surface area contributed by atoms with Crippen LogP contribution in [0.4, 0.5) is 5.69 Å². The van der Waals surface area contributed by atoms with Crippen molar-refractivity contribution >= 4 is 17.4 Å². The molecule has 6 heteroatoms. The molecule has 0 aliphatic rings. The van der Waals surface area contributed by atoms with E-state index in [1.807, 2.05) is 13.8 Å². The van der Waals surface area contributed by atoms with E-state index in [4.69, 9.17) is 15.7 Å². The van der Waals surface area contributed by atoms with Gasteiger partial charge in [-0.2, -0.15) is 0 Å². The number of amides is 1. The van der Waals surface area contributed by atoms with Crippen molar-refractivity contribution in [3.8, 4) is 0 Å². The molecule has 0 aliphatic carbocycles. The van der Waals surface area contributed by atoms with Gasteiger partial charge in [0.2, 0.25) is 5.91 Å². The molecule has 0 heterocycles. The minimum absolute atomic E-state index is 0.00371. The molecule has 0 saturated carbocycles. The molecule has 18 heavy (non-hydrogen) atoms. The van der Waals surface area contributed by atoms with Crippen molar-refractivity contribution in [2.24, 2.45) is 10.9 Å². The molecular weight excluding hydrogens is 234 g/mol. The van der Waals surface area contributed by atoms with Gasteiger partial charge < -0.3 is 21.0 Å². The third-order valence-electron chi connectivity index (χ3n) is 2.35. The number of anilines is 1. The molecule has 6 nitrogen and oxygen atoms in total. The smallest absolute Gasteiger partial charge is 0.250 e. The summed E-state index contributed by atoms with van der Waals surface area (Å²) in [6.45, 7) is 4.16. The van der Waals surface area contributed by atoms with Gasteiger partial charge in [-0.15, -0.1) is 0 Å². The Morgan fingerprint density at radius 3 is 2.89 bits per heavy atom. The zero-order valence-corrected chi connectivity index (χ0v) is 10.4. The second-order valence-electron chi connectivity index (χ2n) is 3.70. The minimum atomic E-state index is -0.239. The molecule has 1 aromatic rings. The fourth-order valence-corrected chi connectivity index (χ4v) is 1.35. The van der Waals surface area contributed by atoms with Gasteiger partial charge in [0.25, 0.3) is 0 Å². The van der Waals surface area contributed by atoms with Crippen LogP contribution in [0.25, 0.3) is 0 Å². The van der Waals surface area contributed by atoms with Gasteiger partial charge in [0.05, 0.1) is 0 Å². The molecule has 0 saturated heterocycles. The lowest BCUT2D eigenvalue weighted by Gasteiger charge is -2.10. The van der Waals surface area contributed by atoms with E-state index in [0.717, 1.165) is 5.56 Å². The molecule has 98 valence electrons. The molecule has 0 bridgehead atoms. The van der Waals surface area contributed by atoms with Crippen molar-refractivity contribution in [3.63, 3.8) is 0 Å². The number of carbonyl (C=O) groups excluding carboxylic acids is 1. The molecule has 0 fully saturated rings. The van der Waals surface area contributed by atoms with Crippen LogP contribution in [0.3, 0.4) is 0 Å². The topological polar surface area (TPSA) is 96.9 Å². The van der Waals surface area contributed by atoms with Crippen molar-refractivity contribution in [3.05, 3.63) is 29.3 Å². The van der Waals surface area contributed by atoms with Crippen LogP contribution in [-0.2, 0) is 9.53 Å². The SMILES string of the molecule is CCOCC(=O)Nc1cc(C(N)=NO)ccc1C. The molecule has 1 rings (SSSR count). The number of hydrogen-bond acceptors (Lipinski definition) is 4. The summed E-state index contributed by atoms with van der Waals surface area (Å²) in [4.78, 5) is 11.5. The Morgan fingerprint density at radius 1 is 1.56 bits per heavy atom. The third kappa shape index (κ3) is 3.74. The van der Waals surface area contributed by atoms with Crippen LogP contribution < -0.4 is 11.1 Å². The molecular formula is C12H17N3O3. The number of rotatable bonds is 5. The van der Waals surface area contributed by atoms with Gasteiger partial charge in [0.1, 0.15) is 6.61 Å². The quantitative estimate of drug-likeness (QED) is 0.315. The fourth-order valence-electron chi connectivity index (χ4n) is 1.35. The number of carbonyl (C=O) groups is 1. The maximum absolute atomic E-state index is 11.5. The van der Waals surface area contributed by atoms with Crippen LogP contribution in [0, 0.1) is 6.92 Å². The standard InChI is InChI=1S/C12H17N3O3/c1-3-18-7-11(16)14-10-6-9(12(13)15-17)5-4-8(10)2/h4-6,17H,3,7H2,1-2H3,(H2,13,15)(H,14,16). The molecule has 0 unspecified atom stereocenters. The number of ether oxygens (including phenoxy) is 1. The van der Waals surface area contributed by atoms with E-state index in [1.165, 1.54) is 0 Å². The number of nitrogens with two attached hydrogens (primary N) is 1. The minimum Gasteiger partial charge on any atom is -0.409 e. The van der Waals surface area contributed by atoms with Gasteiger partial charge >= 0.3 is 0 Å². The Hall–Kier alpha value is -2.08. The Morgan fingerprint density at radius 2 is 2.28 bits per heavy atom. The summed E-state index contributed by atoms with van der Waals surface area (Å²) in [5, 5.41) is 14.2. The molecule has 0 spiro atoms. The Bertz CT molecular complexity index is 458. The number of aryl methyl sites for hydroxylation is 1. The number of oxime groups is 1. The summed E-state index contributed by atoms with van der Waals surface area (Å²) < 4.78 is 5.01. The summed E-state index contributed by atoms with van der Waals surface area (Å²) in [5.41, 5.74) is 7.52. The van der Waals surface area contributed by atoms with Crippen molar-refractivity contribution < 1.29 is 14.7 Å². The summed E-state index contributed by atoms with van der Waals surface area (Å²) >= 11 is 0. The Kier molecular flexibility index (Phi) is 5.13. The number of nitrogens with one attached hydrogen (secondary N) is 1. The van der Waals surface area contributed by atoms with Crippen LogP contribution >= 0.6 is 0 Å². The third-order valence-corrected chi connectivity index (χ3v) is 2.35. The summed E-state index contributed by atoms with van der Waals surface area (Å²) in [5.74, 6) is -0.244. The molecule has 0 atom stereocenters. The molecule has 0 aliphatic heterocycles. The predicted molar refractivity (Wildman–Crippen MR) is 68.8 cm³/mol. The summed E-state index contributed by atoms with van der Waals surface area (Å²) in [7, 11) is 0. The van der Waals surface area contributed by atoms with Gasteiger partial charge in [0.15, 0.2) is 5.84 Å². The van der Waals surface area contributed by atoms with E-state index in [9.17, 15) is 4.79 Å². The van der Waals surface area contributed by atoms with E-state index in [0.29, 0.717) is 17.9 Å². The first-order chi connectivity index (χ1) is 8.58. The van der Waals surface area contributed by atoms with Crippen LogP contribution in [0.2, 0.25) is 0 Å². The van der Waals surface area contributed by atoms with Crippen LogP contribution in [0.1, 0.15) is 18.1 Å². The van der Waals surface area contributed by atoms with Crippen molar-refractivity contribution in [1.29, 1.82) is 0 Å². The Labute approximate surface area is 105 Å². The van der Waals surface area contributed by atoms with E-state index < -0.39 is 0 Å². The fraction of sp³-hybridized carbons (Fsp3) is 0.333. The van der Waals surface area contributed by atoms with E-state index in [1.54, 1.807) is 18.2 Å². The molecule has 0 radical (unpaired) electrons. The molecule has 1 aromatic carbocycles. The van der Waals surface area contributed by atoms with Gasteiger partial charge in [-0.05, 0) is 25.5 Å². The van der Waals surface area contributed by atoms with Gasteiger partial charge in [-0.3, -0.25) is 4.79 Å². The van der Waals surface area contributed by atoms with E-state index in [2.05, 4.69) is 10.5 Å². The lowest BCUT2D eigenvalue weighted by molar-refractivity contribution is -0.120. The normalized spacial score (nSPS) is 11.3. The predicted octanol–water partition coefficient (Wildman–Crippen LogP) is 1.06. The highest BCUT2D eigenvalue weighted by Crippen LogP contribution is 2.16. The second kappa shape index (κ2) is 6.61. The van der Waals surface area contributed by atoms with Crippen molar-refractivity contribution in [2.45, 2.75) is 13.8 Å². The summed E-state index contributed by atoms with van der Waals surface area (Å²) in [6.07, 6.45) is 0. The molecule has 0 aromatic heterocycles. The molecule has 1 amide bonds. The Balaban J connectivity index is 2.84. The number of hydrogen-bond donors (Lipinski definition) is 3. The lowest BCUT2D eigenvalue weighted by Crippen LogP contribution is -2.20. The van der Waals surface area contributed by atoms with Crippen molar-refractivity contribution in [1.82, 2.24) is 0 Å². The highest BCUT2D eigenvalue weighted by molar-refractivity contribution is 5.99. The van der Waals surface area contributed by atoms with Crippen LogP contribution in [0.15, 0.2) is 23.4 Å². The lowest BCUT2D eigenvalue weighted by atomic mass is 10.1. The maximum atomic E-state index is 11.5. The van der Waals surface area contributed by atoms with Gasteiger partial charge in [-0.25, -0.2) is 0 Å². The number of benzene rings is 1. The summed E-state index contributed by atoms with van der Waals surface area (Å²) in [6, 6.07) is 5.14. The largest absolute Gasteiger partial charge is 0.409 e. The molecule has 4 N–H and O–H groups in total. The van der Waals surface area contributed by atoms with E-state index >= 15 is 0 Å². The first kappa shape index (κ1) is 14.0. The highest BCUT2D eigenvalue weighted by Gasteiger charge is 2.07. The average Bonchev–Trinajstić information content (AvgIpc) is 2.38. The van der Waals surface area contributed by atoms with E-state index in [-0.39, 0.29) is 18.3 Å². The monoisotopic (exact) mass is 251 g/mol. The van der Waals surface area contributed by atoms with Crippen LogP contribution in [-0.4, -0.2) is 30.2 Å².